The van der Waals surface area contributed by atoms with Gasteiger partial charge in [0.15, 0.2) is 18.1 Å². The Morgan fingerprint density at radius 2 is 1.79 bits per heavy atom. The lowest BCUT2D eigenvalue weighted by atomic mass is 10.1. The third kappa shape index (κ3) is 5.78. The predicted octanol–water partition coefficient (Wildman–Crippen LogP) is 3.88. The lowest BCUT2D eigenvalue weighted by Crippen LogP contribution is -2.36. The summed E-state index contributed by atoms with van der Waals surface area (Å²) in [5.41, 5.74) is 1.47. The lowest BCUT2D eigenvalue weighted by Gasteiger charge is -2.23. The normalized spacial score (nSPS) is 10.4. The fourth-order valence-electron chi connectivity index (χ4n) is 2.93. The zero-order valence-corrected chi connectivity index (χ0v) is 16.3. The molecule has 1 heterocycles. The Morgan fingerprint density at radius 3 is 2.52 bits per heavy atom. The van der Waals surface area contributed by atoms with E-state index < -0.39 is 0 Å². The van der Waals surface area contributed by atoms with Crippen molar-refractivity contribution in [2.24, 2.45) is 0 Å². The average molecular weight is 394 g/mol. The molecule has 3 aromatic rings. The molecule has 0 unspecified atom stereocenters. The van der Waals surface area contributed by atoms with E-state index in [4.69, 9.17) is 9.47 Å². The Balaban J connectivity index is 1.69. The second kappa shape index (κ2) is 10.2. The standard InChI is InChI=1S/C23H23FN2O3/c1-28-21-10-4-5-11-22(21)29-17-23(27)26(16-18-7-6-13-25-15-18)14-12-19-8-2-3-9-20(19)24/h2-11,13,15H,12,14,16-17H2,1H3. The van der Waals surface area contributed by atoms with Crippen molar-refractivity contribution < 1.29 is 18.7 Å². The zero-order valence-electron chi connectivity index (χ0n) is 16.3. The van der Waals surface area contributed by atoms with Crippen molar-refractivity contribution >= 4 is 5.91 Å². The van der Waals surface area contributed by atoms with Crippen LogP contribution in [0.15, 0.2) is 73.1 Å². The van der Waals surface area contributed by atoms with E-state index in [0.717, 1.165) is 5.56 Å². The van der Waals surface area contributed by atoms with Crippen LogP contribution in [0.3, 0.4) is 0 Å². The first kappa shape index (κ1) is 20.3. The maximum atomic E-state index is 14.0. The van der Waals surface area contributed by atoms with E-state index in [2.05, 4.69) is 4.98 Å². The van der Waals surface area contributed by atoms with Crippen molar-refractivity contribution in [2.75, 3.05) is 20.3 Å². The largest absolute Gasteiger partial charge is 0.493 e. The summed E-state index contributed by atoms with van der Waals surface area (Å²) < 4.78 is 24.9. The maximum Gasteiger partial charge on any atom is 0.260 e. The summed E-state index contributed by atoms with van der Waals surface area (Å²) in [6.45, 7) is 0.595. The number of methoxy groups -OCH3 is 1. The molecular formula is C23H23FN2O3. The number of hydrogen-bond acceptors (Lipinski definition) is 4. The third-order valence-electron chi connectivity index (χ3n) is 4.48. The van der Waals surface area contributed by atoms with E-state index in [1.54, 1.807) is 54.7 Å². The SMILES string of the molecule is COc1ccccc1OCC(=O)N(CCc1ccccc1F)Cc1cccnc1. The zero-order chi connectivity index (χ0) is 20.5. The molecule has 0 aliphatic carbocycles. The number of ether oxygens (including phenoxy) is 2. The van der Waals surface area contributed by atoms with Gasteiger partial charge in [-0.2, -0.15) is 0 Å². The van der Waals surface area contributed by atoms with E-state index in [9.17, 15) is 9.18 Å². The molecule has 0 saturated carbocycles. The molecule has 0 aliphatic heterocycles. The van der Waals surface area contributed by atoms with Crippen LogP contribution in [0, 0.1) is 5.82 Å². The van der Waals surface area contributed by atoms with Crippen LogP contribution in [0.4, 0.5) is 4.39 Å². The summed E-state index contributed by atoms with van der Waals surface area (Å²) in [7, 11) is 1.55. The molecule has 2 aromatic carbocycles. The Morgan fingerprint density at radius 1 is 1.03 bits per heavy atom. The van der Waals surface area contributed by atoms with E-state index in [0.29, 0.717) is 36.6 Å². The number of carbonyl (C=O) groups is 1. The monoisotopic (exact) mass is 394 g/mol. The van der Waals surface area contributed by atoms with E-state index >= 15 is 0 Å². The van der Waals surface area contributed by atoms with Gasteiger partial charge in [0.25, 0.3) is 5.91 Å². The number of aromatic nitrogens is 1. The van der Waals surface area contributed by atoms with Crippen molar-refractivity contribution in [1.29, 1.82) is 0 Å². The molecule has 0 spiro atoms. The number of pyridine rings is 1. The number of benzene rings is 2. The van der Waals surface area contributed by atoms with Gasteiger partial charge in [0, 0.05) is 25.5 Å². The molecule has 150 valence electrons. The van der Waals surface area contributed by atoms with Crippen LogP contribution < -0.4 is 9.47 Å². The summed E-state index contributed by atoms with van der Waals surface area (Å²) in [6.07, 6.45) is 3.80. The Bertz CT molecular complexity index is 934. The van der Waals surface area contributed by atoms with Crippen molar-refractivity contribution in [3.05, 3.63) is 90.0 Å². The Hall–Kier alpha value is -3.41. The smallest absolute Gasteiger partial charge is 0.260 e. The van der Waals surface area contributed by atoms with Gasteiger partial charge in [0.1, 0.15) is 5.82 Å². The topological polar surface area (TPSA) is 51.7 Å². The highest BCUT2D eigenvalue weighted by Crippen LogP contribution is 2.25. The highest BCUT2D eigenvalue weighted by atomic mass is 19.1. The summed E-state index contributed by atoms with van der Waals surface area (Å²) >= 11 is 0. The maximum absolute atomic E-state index is 14.0. The van der Waals surface area contributed by atoms with Crippen LogP contribution in [0.1, 0.15) is 11.1 Å². The molecule has 1 amide bonds. The molecule has 0 fully saturated rings. The molecule has 0 N–H and O–H groups in total. The molecule has 29 heavy (non-hydrogen) atoms. The van der Waals surface area contributed by atoms with Gasteiger partial charge < -0.3 is 14.4 Å². The number of amides is 1. The quantitative estimate of drug-likeness (QED) is 0.553. The summed E-state index contributed by atoms with van der Waals surface area (Å²) in [4.78, 5) is 18.6. The van der Waals surface area contributed by atoms with Crippen LogP contribution in [0.5, 0.6) is 11.5 Å². The first-order valence-corrected chi connectivity index (χ1v) is 9.33. The second-order valence-electron chi connectivity index (χ2n) is 6.46. The fraction of sp³-hybridized carbons (Fsp3) is 0.217. The van der Waals surface area contributed by atoms with Crippen molar-refractivity contribution in [3.63, 3.8) is 0 Å². The van der Waals surface area contributed by atoms with Gasteiger partial charge in [-0.15, -0.1) is 0 Å². The molecule has 0 radical (unpaired) electrons. The highest BCUT2D eigenvalue weighted by molar-refractivity contribution is 5.78. The van der Waals surface area contributed by atoms with Gasteiger partial charge in [-0.3, -0.25) is 9.78 Å². The van der Waals surface area contributed by atoms with E-state index in [1.807, 2.05) is 24.3 Å². The number of para-hydroxylation sites is 2. The molecule has 6 heteroatoms. The predicted molar refractivity (Wildman–Crippen MR) is 108 cm³/mol. The van der Waals surface area contributed by atoms with Gasteiger partial charge in [-0.25, -0.2) is 4.39 Å². The van der Waals surface area contributed by atoms with E-state index in [-0.39, 0.29) is 18.3 Å². The highest BCUT2D eigenvalue weighted by Gasteiger charge is 2.17. The Kier molecular flexibility index (Phi) is 7.16. The first-order chi connectivity index (χ1) is 14.2. The first-order valence-electron chi connectivity index (χ1n) is 9.33. The molecule has 5 nitrogen and oxygen atoms in total. The van der Waals surface area contributed by atoms with Crippen molar-refractivity contribution in [3.8, 4) is 11.5 Å². The second-order valence-corrected chi connectivity index (χ2v) is 6.46. The fourth-order valence-corrected chi connectivity index (χ4v) is 2.93. The van der Waals surface area contributed by atoms with Crippen LogP contribution in [0.25, 0.3) is 0 Å². The van der Waals surface area contributed by atoms with Crippen LogP contribution >= 0.6 is 0 Å². The molecule has 1 aromatic heterocycles. The minimum atomic E-state index is -0.272. The third-order valence-corrected chi connectivity index (χ3v) is 4.48. The minimum Gasteiger partial charge on any atom is -0.493 e. The molecule has 3 rings (SSSR count). The number of rotatable bonds is 9. The van der Waals surface area contributed by atoms with Gasteiger partial charge in [-0.1, -0.05) is 36.4 Å². The minimum absolute atomic E-state index is 0.141. The van der Waals surface area contributed by atoms with Crippen LogP contribution in [-0.4, -0.2) is 36.1 Å². The molecule has 0 bridgehead atoms. The summed E-state index contributed by atoms with van der Waals surface area (Å²) in [5, 5.41) is 0. The number of carbonyl (C=O) groups excluding carboxylic acids is 1. The van der Waals surface area contributed by atoms with E-state index in [1.165, 1.54) is 6.07 Å². The van der Waals surface area contributed by atoms with Crippen LogP contribution in [0.2, 0.25) is 0 Å². The van der Waals surface area contributed by atoms with Crippen molar-refractivity contribution in [2.45, 2.75) is 13.0 Å². The lowest BCUT2D eigenvalue weighted by molar-refractivity contribution is -0.134. The molecule has 0 atom stereocenters. The van der Waals surface area contributed by atoms with Gasteiger partial charge >= 0.3 is 0 Å². The Labute approximate surface area is 169 Å². The number of nitrogens with zero attached hydrogens (tertiary/aromatic N) is 2. The summed E-state index contributed by atoms with van der Waals surface area (Å²) in [6, 6.07) is 17.5. The summed E-state index contributed by atoms with van der Waals surface area (Å²) in [5.74, 6) is 0.590. The van der Waals surface area contributed by atoms with Crippen molar-refractivity contribution in [1.82, 2.24) is 9.88 Å². The average Bonchev–Trinajstić information content (AvgIpc) is 2.76. The molecule has 0 aliphatic rings. The molecule has 0 saturated heterocycles. The van der Waals surface area contributed by atoms with Crippen LogP contribution in [-0.2, 0) is 17.8 Å². The number of halogens is 1. The number of hydrogen-bond donors (Lipinski definition) is 0. The van der Waals surface area contributed by atoms with Gasteiger partial charge in [-0.05, 0) is 41.8 Å². The molecular weight excluding hydrogens is 371 g/mol. The van der Waals surface area contributed by atoms with Gasteiger partial charge in [0.2, 0.25) is 0 Å². The van der Waals surface area contributed by atoms with Gasteiger partial charge in [0.05, 0.1) is 7.11 Å².